The van der Waals surface area contributed by atoms with Gasteiger partial charge >= 0.3 is 0 Å². The predicted molar refractivity (Wildman–Crippen MR) is 250 cm³/mol. The number of nitrogens with one attached hydrogen (secondary N) is 2. The number of ketones is 2. The van der Waals surface area contributed by atoms with Gasteiger partial charge in [-0.15, -0.1) is 9.78 Å². The normalized spacial score (nSPS) is 13.1. The Morgan fingerprint density at radius 1 is 0.609 bits per heavy atom. The van der Waals surface area contributed by atoms with Crippen molar-refractivity contribution < 1.29 is 52.3 Å². The average molecular weight is 914 g/mol. The molecule has 0 saturated heterocycles. The van der Waals surface area contributed by atoms with Gasteiger partial charge in [-0.2, -0.15) is 0 Å². The monoisotopic (exact) mass is 914 g/mol. The van der Waals surface area contributed by atoms with Gasteiger partial charge in [-0.05, 0) is 59.8 Å². The molecule has 1 aliphatic rings. The summed E-state index contributed by atoms with van der Waals surface area (Å²) < 4.78 is 36.5. The Morgan fingerprint density at radius 2 is 1.06 bits per heavy atom. The van der Waals surface area contributed by atoms with E-state index in [-0.39, 0.29) is 68.2 Å². The van der Waals surface area contributed by atoms with Gasteiger partial charge in [0.2, 0.25) is 17.9 Å². The molecule has 64 heavy (non-hydrogen) atoms. The molecule has 0 spiro atoms. The second-order valence-corrected chi connectivity index (χ2v) is 16.4. The highest BCUT2D eigenvalue weighted by atomic mass is 16.5. The number of hydrogen-bond acceptors (Lipinski definition) is 14. The van der Waals surface area contributed by atoms with Gasteiger partial charge in [0.25, 0.3) is 0 Å². The highest BCUT2D eigenvalue weighted by Gasteiger charge is 2.21. The van der Waals surface area contributed by atoms with Crippen LogP contribution in [0.25, 0.3) is 0 Å². The fourth-order valence-electron chi connectivity index (χ4n) is 5.57. The zero-order valence-electron chi connectivity index (χ0n) is 39.3. The quantitative estimate of drug-likeness (QED) is 0.0577. The maximum atomic E-state index is 11.6. The van der Waals surface area contributed by atoms with Crippen LogP contribution in [0.3, 0.4) is 0 Å². The molecule has 0 bridgehead atoms. The minimum Gasteiger partial charge on any atom is -0.379 e. The van der Waals surface area contributed by atoms with E-state index in [1.54, 1.807) is 9.37 Å². The van der Waals surface area contributed by atoms with Gasteiger partial charge in [-0.1, -0.05) is 47.8 Å². The minimum atomic E-state index is 0. The molecule has 2 N–H and O–H groups in total. The third-order valence-corrected chi connectivity index (χ3v) is 9.01. The maximum absolute atomic E-state index is 11.6. The Balaban J connectivity index is 0. The smallest absolute Gasteiger partial charge is 0.222 e. The van der Waals surface area contributed by atoms with Gasteiger partial charge in [-0.25, -0.2) is 4.68 Å². The first-order valence-corrected chi connectivity index (χ1v) is 22.8. The third-order valence-electron chi connectivity index (χ3n) is 9.01. The number of Topliss-reactive ketones (excluding diaryl/α,β-unsaturated/α-hetero) is 2. The second-order valence-electron chi connectivity index (χ2n) is 16.4. The summed E-state index contributed by atoms with van der Waals surface area (Å²) in [4.78, 5) is 46.2. The molecule has 0 aromatic carbocycles. The van der Waals surface area contributed by atoms with E-state index in [2.05, 4.69) is 31.3 Å². The van der Waals surface area contributed by atoms with Gasteiger partial charge in [0.1, 0.15) is 29.5 Å². The Hall–Kier alpha value is -3.55. The van der Waals surface area contributed by atoms with Crippen LogP contribution in [-0.2, 0) is 60.6 Å². The van der Waals surface area contributed by atoms with Gasteiger partial charge in [-0.3, -0.25) is 19.2 Å². The van der Waals surface area contributed by atoms with Crippen molar-refractivity contribution in [2.75, 3.05) is 85.8 Å². The maximum Gasteiger partial charge on any atom is 0.222 e. The zero-order valence-corrected chi connectivity index (χ0v) is 39.3. The van der Waals surface area contributed by atoms with E-state index in [0.29, 0.717) is 118 Å². The van der Waals surface area contributed by atoms with Crippen LogP contribution in [0, 0.1) is 11.8 Å². The van der Waals surface area contributed by atoms with Crippen molar-refractivity contribution in [1.82, 2.24) is 25.6 Å². The van der Waals surface area contributed by atoms with E-state index in [1.807, 2.05) is 67.8 Å². The van der Waals surface area contributed by atoms with Crippen molar-refractivity contribution >= 4 is 29.6 Å². The molecule has 2 amide bonds. The number of nitrogens with zero attached hydrogens (tertiary/aromatic N) is 6. The van der Waals surface area contributed by atoms with Crippen molar-refractivity contribution in [2.24, 2.45) is 22.2 Å². The SMILES string of the molecule is C.C.CC(C)NC(=O)CCCC1C=[N+](CCOCCOCCOCCCC(=O)C(C)C)N=N1.CC(C)NC(=O)CCCc1cn(CCOCCOCCOCCCC(=O)C(C)C)nn1. The average Bonchev–Trinajstić information content (AvgIpc) is 3.87. The van der Waals surface area contributed by atoms with Crippen LogP contribution >= 0.6 is 0 Å². The number of hydrogen-bond donors (Lipinski definition) is 2. The summed E-state index contributed by atoms with van der Waals surface area (Å²) in [6.07, 6.45) is 10.7. The van der Waals surface area contributed by atoms with E-state index >= 15 is 0 Å². The largest absolute Gasteiger partial charge is 0.379 e. The lowest BCUT2D eigenvalue weighted by molar-refractivity contribution is -0.534. The molecule has 1 unspecified atom stereocenters. The predicted octanol–water partition coefficient (Wildman–Crippen LogP) is 6.02. The highest BCUT2D eigenvalue weighted by Crippen LogP contribution is 2.09. The summed E-state index contributed by atoms with van der Waals surface area (Å²) >= 11 is 0. The molecule has 0 aliphatic carbocycles. The number of carbonyl (C=O) groups is 4. The second kappa shape index (κ2) is 40.9. The molecule has 1 atom stereocenters. The van der Waals surface area contributed by atoms with Crippen molar-refractivity contribution in [1.29, 1.82) is 0 Å². The topological polar surface area (TPSA) is 206 Å². The summed E-state index contributed by atoms with van der Waals surface area (Å²) in [5.41, 5.74) is 0.884. The molecule has 0 saturated carbocycles. The van der Waals surface area contributed by atoms with Crippen molar-refractivity contribution in [3.63, 3.8) is 0 Å². The van der Waals surface area contributed by atoms with E-state index in [1.165, 1.54) is 0 Å². The lowest BCUT2D eigenvalue weighted by Gasteiger charge is -2.07. The highest BCUT2D eigenvalue weighted by molar-refractivity contribution is 5.80. The Bertz CT molecular complexity index is 1400. The Kier molecular flexibility index (Phi) is 40.0. The van der Waals surface area contributed by atoms with Gasteiger partial charge < -0.3 is 39.1 Å². The number of amides is 2. The molecule has 1 aliphatic heterocycles. The fraction of sp³-hybridized carbons (Fsp3) is 0.848. The molecule has 0 radical (unpaired) electrons. The summed E-state index contributed by atoms with van der Waals surface area (Å²) in [5.74, 6) is 0.927. The molecule has 0 fully saturated rings. The fourth-order valence-corrected chi connectivity index (χ4v) is 5.57. The number of aromatic nitrogens is 3. The van der Waals surface area contributed by atoms with Crippen molar-refractivity contribution in [3.05, 3.63) is 11.9 Å². The molecule has 18 nitrogen and oxygen atoms in total. The first-order valence-electron chi connectivity index (χ1n) is 22.8. The van der Waals surface area contributed by atoms with Gasteiger partial charge in [0.05, 0.1) is 78.3 Å². The zero-order chi connectivity index (χ0) is 45.8. The van der Waals surface area contributed by atoms with E-state index in [0.717, 1.165) is 44.2 Å². The lowest BCUT2D eigenvalue weighted by atomic mass is 10.1. The van der Waals surface area contributed by atoms with Gasteiger partial charge in [0.15, 0.2) is 0 Å². The number of carbonyl (C=O) groups excluding carboxylic acids is 4. The van der Waals surface area contributed by atoms with Crippen molar-refractivity contribution in [2.45, 2.75) is 159 Å². The van der Waals surface area contributed by atoms with Crippen LogP contribution in [0.4, 0.5) is 0 Å². The molecule has 1 aromatic rings. The third kappa shape index (κ3) is 36.8. The summed E-state index contributed by atoms with van der Waals surface area (Å²) in [6.45, 7) is 23.2. The molecule has 1 aromatic heterocycles. The summed E-state index contributed by atoms with van der Waals surface area (Å²) in [7, 11) is 0. The van der Waals surface area contributed by atoms with Crippen LogP contribution in [-0.4, -0.2) is 153 Å². The molecule has 2 heterocycles. The van der Waals surface area contributed by atoms with E-state index in [4.69, 9.17) is 28.4 Å². The molecular formula is C46H89N8O10+. The Labute approximate surface area is 385 Å². The lowest BCUT2D eigenvalue weighted by Crippen LogP contribution is -2.29. The summed E-state index contributed by atoms with van der Waals surface area (Å²) in [6, 6.07) is 0.389. The number of aryl methyl sites for hydroxylation is 1. The van der Waals surface area contributed by atoms with Crippen LogP contribution in [0.2, 0.25) is 0 Å². The number of rotatable bonds is 38. The molecule has 372 valence electrons. The van der Waals surface area contributed by atoms with Crippen LogP contribution in [0.1, 0.15) is 134 Å². The van der Waals surface area contributed by atoms with Crippen LogP contribution in [0.15, 0.2) is 16.5 Å². The minimum absolute atomic E-state index is 0. The standard InChI is InChI=1S/2C22H40N4O5.2CH4/c2*1-18(2)21(27)8-6-11-29-13-15-31-16-14-30-12-10-26-17-20(24-25-26)7-5-9-22(28)23-19(3)4;;/h17-19H,5-16H2,1-4H3,(H,23,28);17-20H,5-16H2,1-4H3;2*1H4/p+1. The first kappa shape index (κ1) is 62.5. The summed E-state index contributed by atoms with van der Waals surface area (Å²) in [5, 5.41) is 22.3. The van der Waals surface area contributed by atoms with Crippen LogP contribution in [0.5, 0.6) is 0 Å². The van der Waals surface area contributed by atoms with Crippen molar-refractivity contribution in [3.8, 4) is 0 Å². The van der Waals surface area contributed by atoms with Crippen LogP contribution < -0.4 is 10.6 Å². The molecular weight excluding hydrogens is 825 g/mol. The van der Waals surface area contributed by atoms with E-state index in [9.17, 15) is 19.2 Å². The Morgan fingerprint density at radius 3 is 1.55 bits per heavy atom. The molecule has 2 rings (SSSR count). The first-order chi connectivity index (χ1) is 29.8. The number of ether oxygens (including phenoxy) is 6. The van der Waals surface area contributed by atoms with E-state index < -0.39 is 0 Å². The van der Waals surface area contributed by atoms with Gasteiger partial charge in [0, 0.05) is 80.5 Å². The molecule has 18 heteroatoms.